The number of amides is 1. The van der Waals surface area contributed by atoms with E-state index in [4.69, 9.17) is 0 Å². The average Bonchev–Trinajstić information content (AvgIpc) is 2.99. The van der Waals surface area contributed by atoms with E-state index < -0.39 is 30.5 Å². The Morgan fingerprint density at radius 3 is 2.20 bits per heavy atom. The Kier molecular flexibility index (Phi) is 7.46. The van der Waals surface area contributed by atoms with Gasteiger partial charge in [0.25, 0.3) is 5.91 Å². The van der Waals surface area contributed by atoms with Crippen LogP contribution < -0.4 is 5.43 Å². The van der Waals surface area contributed by atoms with E-state index >= 15 is 0 Å². The van der Waals surface area contributed by atoms with Gasteiger partial charge in [-0.1, -0.05) is 33.8 Å². The summed E-state index contributed by atoms with van der Waals surface area (Å²) in [7, 11) is -8.01. The van der Waals surface area contributed by atoms with Crippen LogP contribution in [0.25, 0.3) is 5.52 Å². The zero-order chi connectivity index (χ0) is 22.7. The zero-order valence-corrected chi connectivity index (χ0v) is 19.6. The number of nitrogens with one attached hydrogen (secondary N) is 1. The molecule has 2 aromatic rings. The van der Waals surface area contributed by atoms with Crippen LogP contribution in [0, 0.1) is 12.8 Å². The van der Waals surface area contributed by atoms with Crippen LogP contribution in [0.15, 0.2) is 33.2 Å². The summed E-state index contributed by atoms with van der Waals surface area (Å²) >= 11 is 0. The van der Waals surface area contributed by atoms with Gasteiger partial charge < -0.3 is 4.40 Å². The highest BCUT2D eigenvalue weighted by Gasteiger charge is 2.37. The van der Waals surface area contributed by atoms with Crippen molar-refractivity contribution in [2.75, 3.05) is 11.5 Å². The van der Waals surface area contributed by atoms with Crippen LogP contribution in [0.5, 0.6) is 0 Å². The predicted octanol–water partition coefficient (Wildman–Crippen LogP) is 2.99. The van der Waals surface area contributed by atoms with Crippen molar-refractivity contribution in [2.45, 2.75) is 57.3 Å². The van der Waals surface area contributed by atoms with Crippen LogP contribution in [-0.4, -0.2) is 44.9 Å². The van der Waals surface area contributed by atoms with Gasteiger partial charge in [0.05, 0.1) is 17.0 Å². The number of pyridine rings is 1. The van der Waals surface area contributed by atoms with Crippen LogP contribution in [-0.2, 0) is 19.7 Å². The molecule has 8 nitrogen and oxygen atoms in total. The molecule has 166 valence electrons. The molecule has 0 radical (unpaired) electrons. The molecular weight excluding hydrogens is 426 g/mol. The number of hydrogen-bond donors (Lipinski definition) is 1. The molecule has 1 N–H and O–H groups in total. The summed E-state index contributed by atoms with van der Waals surface area (Å²) < 4.78 is 54.1. The molecule has 0 saturated carbocycles. The van der Waals surface area contributed by atoms with Crippen LogP contribution >= 0.6 is 0 Å². The van der Waals surface area contributed by atoms with E-state index in [1.54, 1.807) is 32.9 Å². The van der Waals surface area contributed by atoms with Crippen molar-refractivity contribution < 1.29 is 21.6 Å². The van der Waals surface area contributed by atoms with Crippen molar-refractivity contribution in [3.8, 4) is 0 Å². The molecular formula is C20H29N3O5S2. The van der Waals surface area contributed by atoms with Crippen molar-refractivity contribution in [2.24, 2.45) is 11.0 Å². The first-order chi connectivity index (χ1) is 14.0. The summed E-state index contributed by atoms with van der Waals surface area (Å²) in [5.74, 6) is -1.20. The monoisotopic (exact) mass is 455 g/mol. The maximum Gasteiger partial charge on any atom is 0.289 e. The van der Waals surface area contributed by atoms with E-state index in [2.05, 4.69) is 10.5 Å². The van der Waals surface area contributed by atoms with Crippen molar-refractivity contribution in [3.63, 3.8) is 0 Å². The number of fused-ring (bicyclic) bond motifs is 1. The molecule has 1 amide bonds. The van der Waals surface area contributed by atoms with Crippen molar-refractivity contribution in [1.29, 1.82) is 0 Å². The lowest BCUT2D eigenvalue weighted by Crippen LogP contribution is -2.23. The Hall–Kier alpha value is -2.20. The van der Waals surface area contributed by atoms with E-state index in [1.165, 1.54) is 16.8 Å². The number of carbonyl (C=O) groups excluding carboxylic acids is 1. The molecule has 0 saturated heterocycles. The van der Waals surface area contributed by atoms with Crippen LogP contribution in [0.3, 0.4) is 0 Å². The number of rotatable bonds is 9. The summed E-state index contributed by atoms with van der Waals surface area (Å²) in [4.78, 5) is 12.3. The Bertz CT molecular complexity index is 1180. The van der Waals surface area contributed by atoms with Gasteiger partial charge in [-0.3, -0.25) is 4.79 Å². The van der Waals surface area contributed by atoms with E-state index in [9.17, 15) is 21.6 Å². The van der Waals surface area contributed by atoms with E-state index in [1.807, 2.05) is 13.8 Å². The third-order valence-electron chi connectivity index (χ3n) is 4.39. The molecule has 0 spiro atoms. The van der Waals surface area contributed by atoms with Crippen LogP contribution in [0.4, 0.5) is 0 Å². The molecule has 30 heavy (non-hydrogen) atoms. The highest BCUT2D eigenvalue weighted by Crippen LogP contribution is 2.35. The Labute approximate surface area is 178 Å². The number of aromatic nitrogens is 1. The molecule has 0 fully saturated rings. The van der Waals surface area contributed by atoms with Gasteiger partial charge in [-0.15, -0.1) is 0 Å². The third kappa shape index (κ3) is 4.75. The molecule has 0 atom stereocenters. The lowest BCUT2D eigenvalue weighted by molar-refractivity contribution is 0.0945. The first-order valence-electron chi connectivity index (χ1n) is 9.90. The Morgan fingerprint density at radius 1 is 1.10 bits per heavy atom. The van der Waals surface area contributed by atoms with Gasteiger partial charge in [0.2, 0.25) is 0 Å². The quantitative estimate of drug-likeness (QED) is 0.461. The highest BCUT2D eigenvalue weighted by atomic mass is 32.2. The Balaban J connectivity index is 2.99. The van der Waals surface area contributed by atoms with Crippen LogP contribution in [0.1, 0.15) is 56.6 Å². The number of nitrogens with zero attached hydrogens (tertiary/aromatic N) is 2. The van der Waals surface area contributed by atoms with Gasteiger partial charge in [0.15, 0.2) is 19.7 Å². The van der Waals surface area contributed by atoms with Gasteiger partial charge in [0, 0.05) is 12.4 Å². The van der Waals surface area contributed by atoms with Crippen molar-refractivity contribution in [3.05, 3.63) is 29.6 Å². The molecule has 0 aromatic carbocycles. The molecule has 0 aliphatic heterocycles. The zero-order valence-electron chi connectivity index (χ0n) is 18.0. The SMILES string of the molecule is CCCS(=O)(=O)c1c(S(=O)(=O)CCC)c2c(C)cccn2c1C(=O)N/N=C/C(C)C. The molecule has 2 aromatic heterocycles. The standard InChI is InChI=1S/C20H29N3O5S2/c1-6-11-29(25,26)18-16-15(5)9-8-10-23(16)17(19(18)30(27,28)12-7-2)20(24)22-21-13-14(3)4/h8-10,13-14H,6-7,11-12H2,1-5H3,(H,22,24)/b21-13+. The maximum atomic E-state index is 13.2. The second-order valence-electron chi connectivity index (χ2n) is 7.52. The van der Waals surface area contributed by atoms with Gasteiger partial charge >= 0.3 is 0 Å². The summed E-state index contributed by atoms with van der Waals surface area (Å²) in [6.45, 7) is 8.83. The maximum absolute atomic E-state index is 13.2. The largest absolute Gasteiger partial charge is 0.310 e. The number of hydrazone groups is 1. The van der Waals surface area contributed by atoms with Gasteiger partial charge in [0.1, 0.15) is 15.5 Å². The summed E-state index contributed by atoms with van der Waals surface area (Å²) in [6.07, 6.45) is 3.61. The average molecular weight is 456 g/mol. The summed E-state index contributed by atoms with van der Waals surface area (Å²) in [6, 6.07) is 3.33. The minimum Gasteiger partial charge on any atom is -0.310 e. The number of carbonyl (C=O) groups is 1. The molecule has 0 aliphatic carbocycles. The predicted molar refractivity (Wildman–Crippen MR) is 118 cm³/mol. The fourth-order valence-corrected chi connectivity index (χ4v) is 7.29. The van der Waals surface area contributed by atoms with E-state index in [-0.39, 0.29) is 40.0 Å². The fourth-order valence-electron chi connectivity index (χ4n) is 3.25. The van der Waals surface area contributed by atoms with E-state index in [0.29, 0.717) is 12.0 Å². The number of aryl methyl sites for hydroxylation is 1. The van der Waals surface area contributed by atoms with Gasteiger partial charge in [-0.25, -0.2) is 22.3 Å². The topological polar surface area (TPSA) is 114 Å². The highest BCUT2D eigenvalue weighted by molar-refractivity contribution is 7.94. The van der Waals surface area contributed by atoms with Crippen molar-refractivity contribution in [1.82, 2.24) is 9.83 Å². The third-order valence-corrected chi connectivity index (χ3v) is 8.45. The first-order valence-corrected chi connectivity index (χ1v) is 13.2. The normalized spacial score (nSPS) is 12.9. The minimum absolute atomic E-state index is 0.0698. The molecule has 0 aliphatic rings. The smallest absolute Gasteiger partial charge is 0.289 e. The molecule has 0 bridgehead atoms. The van der Waals surface area contributed by atoms with Gasteiger partial charge in [-0.05, 0) is 37.3 Å². The second kappa shape index (κ2) is 9.30. The summed E-state index contributed by atoms with van der Waals surface area (Å²) in [5, 5.41) is 3.87. The molecule has 2 rings (SSSR count). The molecule has 10 heteroatoms. The lowest BCUT2D eigenvalue weighted by atomic mass is 10.2. The van der Waals surface area contributed by atoms with Crippen LogP contribution in [0.2, 0.25) is 0 Å². The second-order valence-corrected chi connectivity index (χ2v) is 11.6. The molecule has 0 unspecified atom stereocenters. The number of sulfone groups is 2. The molecule has 2 heterocycles. The van der Waals surface area contributed by atoms with Crippen molar-refractivity contribution >= 4 is 37.3 Å². The first kappa shape index (κ1) is 24.1. The fraction of sp³-hybridized carbons (Fsp3) is 0.500. The minimum atomic E-state index is -4.05. The Morgan fingerprint density at radius 2 is 1.67 bits per heavy atom. The van der Waals surface area contributed by atoms with E-state index in [0.717, 1.165) is 0 Å². The summed E-state index contributed by atoms with van der Waals surface area (Å²) in [5.41, 5.74) is 2.87. The number of hydrogen-bond acceptors (Lipinski definition) is 6. The lowest BCUT2D eigenvalue weighted by Gasteiger charge is -2.09. The van der Waals surface area contributed by atoms with Gasteiger partial charge in [-0.2, -0.15) is 5.10 Å².